The Morgan fingerprint density at radius 1 is 1.03 bits per heavy atom. The Hall–Kier alpha value is -3.84. The van der Waals surface area contributed by atoms with E-state index in [0.29, 0.717) is 23.0 Å². The normalized spacial score (nSPS) is 18.6. The molecule has 2 N–H and O–H groups in total. The molecule has 1 aliphatic heterocycles. The zero-order valence-corrected chi connectivity index (χ0v) is 20.9. The van der Waals surface area contributed by atoms with Crippen LogP contribution < -0.4 is 20.1 Å². The molecule has 0 radical (unpaired) electrons. The number of hydrogen-bond acceptors (Lipinski definition) is 6. The van der Waals surface area contributed by atoms with Crippen LogP contribution in [0.3, 0.4) is 0 Å². The third-order valence-corrected chi connectivity index (χ3v) is 8.21. The largest absolute Gasteiger partial charge is 0.493 e. The van der Waals surface area contributed by atoms with Crippen molar-refractivity contribution in [2.75, 3.05) is 12.4 Å². The number of anilines is 1. The van der Waals surface area contributed by atoms with Gasteiger partial charge < -0.3 is 20.1 Å². The first kappa shape index (κ1) is 22.6. The molecule has 0 unspecified atom stereocenters. The molecule has 1 aliphatic carbocycles. The fourth-order valence-corrected chi connectivity index (χ4v) is 6.57. The maximum atomic E-state index is 13.1. The average molecular weight is 499 g/mol. The number of carbonyl (C=O) groups excluding carboxylic acids is 2. The number of esters is 1. The third kappa shape index (κ3) is 3.89. The van der Waals surface area contributed by atoms with E-state index >= 15 is 0 Å². The van der Waals surface area contributed by atoms with Crippen molar-refractivity contribution in [3.63, 3.8) is 0 Å². The highest BCUT2D eigenvalue weighted by Crippen LogP contribution is 2.43. The number of fused-ring (bicyclic) bond motifs is 4. The van der Waals surface area contributed by atoms with Crippen LogP contribution in [0.15, 0.2) is 60.7 Å². The van der Waals surface area contributed by atoms with E-state index in [9.17, 15) is 9.59 Å². The van der Waals surface area contributed by atoms with E-state index in [1.807, 2.05) is 42.5 Å². The summed E-state index contributed by atoms with van der Waals surface area (Å²) in [6, 6.07) is 18.6. The number of rotatable bonds is 4. The number of carbonyl (C=O) groups is 2. The number of methoxy groups -OCH3 is 1. The quantitative estimate of drug-likeness (QED) is 0.262. The van der Waals surface area contributed by atoms with Gasteiger partial charge in [0.1, 0.15) is 11.2 Å². The number of thiophene rings is 1. The van der Waals surface area contributed by atoms with E-state index < -0.39 is 12.1 Å². The molecule has 0 saturated heterocycles. The van der Waals surface area contributed by atoms with Gasteiger partial charge in [0.25, 0.3) is 5.91 Å². The van der Waals surface area contributed by atoms with Crippen molar-refractivity contribution in [1.29, 1.82) is 0 Å². The fourth-order valence-electron chi connectivity index (χ4n) is 5.14. The van der Waals surface area contributed by atoms with E-state index in [-0.39, 0.29) is 5.91 Å². The second-order valence-corrected chi connectivity index (χ2v) is 10.5. The lowest BCUT2D eigenvalue weighted by Gasteiger charge is -2.27. The zero-order valence-electron chi connectivity index (χ0n) is 20.1. The Labute approximate surface area is 213 Å². The van der Waals surface area contributed by atoms with Crippen molar-refractivity contribution >= 4 is 39.0 Å². The van der Waals surface area contributed by atoms with Gasteiger partial charge >= 0.3 is 5.97 Å². The molecule has 6 nitrogen and oxygen atoms in total. The fraction of sp³-hybridized carbons (Fsp3) is 0.241. The number of nitrogens with one attached hydrogen (secondary N) is 2. The van der Waals surface area contributed by atoms with Crippen LogP contribution in [0, 0.1) is 5.92 Å². The number of benzene rings is 3. The molecule has 0 bridgehead atoms. The van der Waals surface area contributed by atoms with Crippen LogP contribution in [0.1, 0.15) is 56.2 Å². The summed E-state index contributed by atoms with van der Waals surface area (Å²) < 4.78 is 11.3. The van der Waals surface area contributed by atoms with Crippen LogP contribution in [-0.4, -0.2) is 19.0 Å². The molecule has 1 aromatic heterocycles. The predicted octanol–water partition coefficient (Wildman–Crippen LogP) is 6.11. The van der Waals surface area contributed by atoms with Crippen molar-refractivity contribution in [3.05, 3.63) is 87.8 Å². The highest BCUT2D eigenvalue weighted by molar-refractivity contribution is 7.16. The SMILES string of the molecule is COc1cc([C@@H]2NC(=O)c3c(sc4c3CC[C@H](C)C4)N2)ccc1OC(=O)c1cccc2ccccc12. The molecule has 2 aliphatic rings. The van der Waals surface area contributed by atoms with E-state index in [1.165, 1.54) is 17.6 Å². The minimum Gasteiger partial charge on any atom is -0.493 e. The molecule has 182 valence electrons. The van der Waals surface area contributed by atoms with E-state index in [1.54, 1.807) is 29.5 Å². The summed E-state index contributed by atoms with van der Waals surface area (Å²) in [4.78, 5) is 27.4. The average Bonchev–Trinajstić information content (AvgIpc) is 3.26. The maximum absolute atomic E-state index is 13.1. The lowest BCUT2D eigenvalue weighted by molar-refractivity contribution is 0.0731. The summed E-state index contributed by atoms with van der Waals surface area (Å²) in [6.45, 7) is 2.26. The minimum atomic E-state index is -0.454. The van der Waals surface area contributed by atoms with E-state index in [0.717, 1.165) is 46.2 Å². The smallest absolute Gasteiger partial charge is 0.344 e. The van der Waals surface area contributed by atoms with Gasteiger partial charge in [-0.2, -0.15) is 0 Å². The molecular formula is C29H26N2O4S. The molecule has 3 aromatic carbocycles. The van der Waals surface area contributed by atoms with Crippen molar-refractivity contribution in [2.24, 2.45) is 5.92 Å². The van der Waals surface area contributed by atoms with Crippen LogP contribution in [0.25, 0.3) is 10.8 Å². The molecule has 4 aromatic rings. The van der Waals surface area contributed by atoms with Gasteiger partial charge in [-0.15, -0.1) is 11.3 Å². The van der Waals surface area contributed by atoms with Gasteiger partial charge in [-0.25, -0.2) is 4.79 Å². The van der Waals surface area contributed by atoms with Crippen molar-refractivity contribution in [3.8, 4) is 11.5 Å². The van der Waals surface area contributed by atoms with Crippen molar-refractivity contribution in [1.82, 2.24) is 5.32 Å². The summed E-state index contributed by atoms with van der Waals surface area (Å²) in [7, 11) is 1.54. The van der Waals surface area contributed by atoms with Gasteiger partial charge in [-0.05, 0) is 65.3 Å². The van der Waals surface area contributed by atoms with Crippen LogP contribution in [0.4, 0.5) is 5.00 Å². The summed E-state index contributed by atoms with van der Waals surface area (Å²) in [6.07, 6.45) is 2.69. The molecule has 2 heterocycles. The van der Waals surface area contributed by atoms with Crippen molar-refractivity contribution in [2.45, 2.75) is 32.4 Å². The molecule has 36 heavy (non-hydrogen) atoms. The Bertz CT molecular complexity index is 1500. The molecule has 7 heteroatoms. The molecule has 1 amide bonds. The second kappa shape index (κ2) is 8.99. The van der Waals surface area contributed by atoms with Crippen LogP contribution in [0.5, 0.6) is 11.5 Å². The molecular weight excluding hydrogens is 472 g/mol. The van der Waals surface area contributed by atoms with Gasteiger partial charge in [0, 0.05) is 4.88 Å². The number of amides is 1. The van der Waals surface area contributed by atoms with Crippen LogP contribution in [0.2, 0.25) is 0 Å². The Morgan fingerprint density at radius 3 is 2.72 bits per heavy atom. The molecule has 2 atom stereocenters. The van der Waals surface area contributed by atoms with Crippen LogP contribution in [-0.2, 0) is 12.8 Å². The monoisotopic (exact) mass is 498 g/mol. The molecule has 0 spiro atoms. The number of ether oxygens (including phenoxy) is 2. The van der Waals surface area contributed by atoms with Gasteiger partial charge in [0.2, 0.25) is 0 Å². The Balaban J connectivity index is 1.26. The summed E-state index contributed by atoms with van der Waals surface area (Å²) in [5, 5.41) is 9.31. The third-order valence-electron chi connectivity index (χ3n) is 7.02. The standard InChI is InChI=1S/C29H26N2O4S/c1-16-10-12-21-24(14-16)36-28-25(21)27(32)30-26(31-28)18-11-13-22(23(15-18)34-2)35-29(33)20-9-5-7-17-6-3-4-8-19(17)20/h3-9,11,13,15-16,26,31H,10,12,14H2,1-2H3,(H,30,32)/t16-,26+/m0/s1. The Morgan fingerprint density at radius 2 is 1.86 bits per heavy atom. The lowest BCUT2D eigenvalue weighted by Crippen LogP contribution is -2.38. The lowest BCUT2D eigenvalue weighted by atomic mass is 9.88. The topological polar surface area (TPSA) is 76.7 Å². The summed E-state index contributed by atoms with van der Waals surface area (Å²) >= 11 is 1.69. The summed E-state index contributed by atoms with van der Waals surface area (Å²) in [5.41, 5.74) is 3.30. The van der Waals surface area contributed by atoms with Gasteiger partial charge in [-0.3, -0.25) is 4.79 Å². The molecule has 6 rings (SSSR count). The highest BCUT2D eigenvalue weighted by Gasteiger charge is 2.33. The van der Waals surface area contributed by atoms with Gasteiger partial charge in [0.05, 0.1) is 18.2 Å². The predicted molar refractivity (Wildman–Crippen MR) is 141 cm³/mol. The number of hydrogen-bond donors (Lipinski definition) is 2. The van der Waals surface area contributed by atoms with Crippen molar-refractivity contribution < 1.29 is 19.1 Å². The highest BCUT2D eigenvalue weighted by atomic mass is 32.1. The zero-order chi connectivity index (χ0) is 24.8. The first-order chi connectivity index (χ1) is 17.5. The summed E-state index contributed by atoms with van der Waals surface area (Å²) in [5.74, 6) is 0.880. The van der Waals surface area contributed by atoms with Gasteiger partial charge in [-0.1, -0.05) is 49.4 Å². The van der Waals surface area contributed by atoms with E-state index in [4.69, 9.17) is 9.47 Å². The maximum Gasteiger partial charge on any atom is 0.344 e. The van der Waals surface area contributed by atoms with E-state index in [2.05, 4.69) is 17.6 Å². The molecule has 0 saturated carbocycles. The Kier molecular flexibility index (Phi) is 5.64. The first-order valence-electron chi connectivity index (χ1n) is 12.1. The first-order valence-corrected chi connectivity index (χ1v) is 12.9. The van der Waals surface area contributed by atoms with Crippen LogP contribution >= 0.6 is 11.3 Å². The molecule has 0 fully saturated rings. The second-order valence-electron chi connectivity index (χ2n) is 9.43. The van der Waals surface area contributed by atoms with Gasteiger partial charge in [0.15, 0.2) is 11.5 Å². The minimum absolute atomic E-state index is 0.0498.